The van der Waals surface area contributed by atoms with Crippen LogP contribution < -0.4 is 5.32 Å². The smallest absolute Gasteiger partial charge is 0.224 e. The molecular formula is C24H18ClFN2O2. The third kappa shape index (κ3) is 4.58. The van der Waals surface area contributed by atoms with Crippen LogP contribution in [0.2, 0.25) is 5.02 Å². The summed E-state index contributed by atoms with van der Waals surface area (Å²) in [5, 5.41) is 2.88. The van der Waals surface area contributed by atoms with Gasteiger partial charge >= 0.3 is 0 Å². The molecule has 0 aliphatic carbocycles. The number of nitrogens with one attached hydrogen (secondary N) is 1. The molecule has 0 radical (unpaired) electrons. The van der Waals surface area contributed by atoms with Crippen LogP contribution in [0.4, 0.5) is 10.1 Å². The summed E-state index contributed by atoms with van der Waals surface area (Å²) in [6.07, 6.45) is 0.371. The van der Waals surface area contributed by atoms with E-state index < -0.39 is 5.82 Å². The van der Waals surface area contributed by atoms with Gasteiger partial charge in [-0.25, -0.2) is 9.37 Å². The average Bonchev–Trinajstić information content (AvgIpc) is 3.20. The highest BCUT2D eigenvalue weighted by atomic mass is 35.5. The van der Waals surface area contributed by atoms with E-state index in [1.54, 1.807) is 0 Å². The van der Waals surface area contributed by atoms with Gasteiger partial charge in [0.2, 0.25) is 5.91 Å². The van der Waals surface area contributed by atoms with E-state index in [0.717, 1.165) is 16.8 Å². The van der Waals surface area contributed by atoms with Gasteiger partial charge in [0.15, 0.2) is 11.7 Å². The number of hydrogen-bond donors (Lipinski definition) is 1. The molecule has 1 heterocycles. The molecule has 150 valence electrons. The zero-order chi connectivity index (χ0) is 20.9. The summed E-state index contributed by atoms with van der Waals surface area (Å²) in [5.41, 5.74) is 2.60. The minimum Gasteiger partial charge on any atom is -0.440 e. The van der Waals surface area contributed by atoms with E-state index in [1.165, 1.54) is 18.2 Å². The van der Waals surface area contributed by atoms with E-state index >= 15 is 0 Å². The van der Waals surface area contributed by atoms with Gasteiger partial charge in [0, 0.05) is 29.0 Å². The van der Waals surface area contributed by atoms with Gasteiger partial charge in [-0.3, -0.25) is 4.79 Å². The molecule has 0 unspecified atom stereocenters. The molecule has 0 spiro atoms. The second-order valence-electron chi connectivity index (χ2n) is 6.69. The van der Waals surface area contributed by atoms with Crippen molar-refractivity contribution in [3.63, 3.8) is 0 Å². The minimum atomic E-state index is -0.540. The molecule has 0 bridgehead atoms. The van der Waals surface area contributed by atoms with Gasteiger partial charge < -0.3 is 9.73 Å². The Balaban J connectivity index is 1.54. The van der Waals surface area contributed by atoms with E-state index in [4.69, 9.17) is 16.0 Å². The largest absolute Gasteiger partial charge is 0.440 e. The molecule has 0 saturated heterocycles. The van der Waals surface area contributed by atoms with Crippen LogP contribution in [0, 0.1) is 5.82 Å². The molecule has 4 rings (SSSR count). The fourth-order valence-corrected chi connectivity index (χ4v) is 3.25. The van der Waals surface area contributed by atoms with Crippen molar-refractivity contribution in [2.45, 2.75) is 12.8 Å². The Morgan fingerprint density at radius 2 is 1.63 bits per heavy atom. The molecule has 30 heavy (non-hydrogen) atoms. The van der Waals surface area contributed by atoms with Crippen molar-refractivity contribution in [1.29, 1.82) is 0 Å². The molecule has 0 saturated carbocycles. The highest BCUT2D eigenvalue weighted by Crippen LogP contribution is 2.32. The van der Waals surface area contributed by atoms with Gasteiger partial charge in [-0.2, -0.15) is 0 Å². The first kappa shape index (κ1) is 19.9. The van der Waals surface area contributed by atoms with Crippen LogP contribution in [-0.4, -0.2) is 10.9 Å². The number of aromatic nitrogens is 1. The number of oxazole rings is 1. The molecule has 0 aliphatic heterocycles. The van der Waals surface area contributed by atoms with Gasteiger partial charge in [-0.1, -0.05) is 72.3 Å². The Hall–Kier alpha value is -3.44. The number of carbonyl (C=O) groups excluding carboxylic acids is 1. The predicted octanol–water partition coefficient (Wildman–Crippen LogP) is 6.37. The minimum absolute atomic E-state index is 0.0508. The van der Waals surface area contributed by atoms with E-state index in [2.05, 4.69) is 10.3 Å². The molecule has 4 nitrogen and oxygen atoms in total. The Bertz CT molecular complexity index is 1100. The van der Waals surface area contributed by atoms with Crippen molar-refractivity contribution < 1.29 is 13.6 Å². The molecule has 4 aromatic rings. The summed E-state index contributed by atoms with van der Waals surface area (Å²) >= 11 is 5.87. The van der Waals surface area contributed by atoms with E-state index in [9.17, 15) is 9.18 Å². The number of carbonyl (C=O) groups is 1. The summed E-state index contributed by atoms with van der Waals surface area (Å²) in [4.78, 5) is 16.9. The standard InChI is InChI=1S/C24H18ClFN2O2/c25-18-11-12-19(26)20(15-18)27-21(29)13-14-22-28-23(16-7-3-1-4-8-16)24(30-22)17-9-5-2-6-10-17/h1-12,15H,13-14H2,(H,27,29). The first-order valence-corrected chi connectivity index (χ1v) is 9.83. The Labute approximate surface area is 178 Å². The van der Waals surface area contributed by atoms with Crippen LogP contribution in [0.1, 0.15) is 12.3 Å². The Kier molecular flexibility index (Phi) is 5.91. The number of nitrogens with zero attached hydrogens (tertiary/aromatic N) is 1. The summed E-state index contributed by atoms with van der Waals surface area (Å²) in [5.74, 6) is 0.200. The highest BCUT2D eigenvalue weighted by molar-refractivity contribution is 6.30. The van der Waals surface area contributed by atoms with Crippen molar-refractivity contribution >= 4 is 23.2 Å². The fraction of sp³-hybridized carbons (Fsp3) is 0.0833. The van der Waals surface area contributed by atoms with Crippen molar-refractivity contribution in [1.82, 2.24) is 4.98 Å². The second-order valence-corrected chi connectivity index (χ2v) is 7.13. The summed E-state index contributed by atoms with van der Waals surface area (Å²) < 4.78 is 19.8. The zero-order valence-corrected chi connectivity index (χ0v) is 16.7. The van der Waals surface area contributed by atoms with Gasteiger partial charge in [0.05, 0.1) is 5.69 Å². The molecule has 1 amide bonds. The monoisotopic (exact) mass is 420 g/mol. The van der Waals surface area contributed by atoms with Crippen molar-refractivity contribution in [3.05, 3.63) is 95.6 Å². The van der Waals surface area contributed by atoms with Crippen molar-refractivity contribution in [2.75, 3.05) is 5.32 Å². The van der Waals surface area contributed by atoms with Crippen LogP contribution in [0.5, 0.6) is 0 Å². The Morgan fingerprint density at radius 3 is 2.33 bits per heavy atom. The maximum absolute atomic E-state index is 13.8. The number of benzene rings is 3. The normalized spacial score (nSPS) is 10.7. The topological polar surface area (TPSA) is 55.1 Å². The molecule has 0 aliphatic rings. The number of anilines is 1. The van der Waals surface area contributed by atoms with E-state index in [1.807, 2.05) is 60.7 Å². The van der Waals surface area contributed by atoms with E-state index in [-0.39, 0.29) is 24.4 Å². The van der Waals surface area contributed by atoms with Crippen molar-refractivity contribution in [3.8, 4) is 22.6 Å². The lowest BCUT2D eigenvalue weighted by Gasteiger charge is -2.06. The first-order chi connectivity index (χ1) is 14.6. The lowest BCUT2D eigenvalue weighted by atomic mass is 10.1. The predicted molar refractivity (Wildman–Crippen MR) is 116 cm³/mol. The number of halogens is 2. The fourth-order valence-electron chi connectivity index (χ4n) is 3.07. The van der Waals surface area contributed by atoms with Crippen molar-refractivity contribution in [2.24, 2.45) is 0 Å². The van der Waals surface area contributed by atoms with Crippen LogP contribution >= 0.6 is 11.6 Å². The zero-order valence-electron chi connectivity index (χ0n) is 15.9. The maximum atomic E-state index is 13.8. The lowest BCUT2D eigenvalue weighted by molar-refractivity contribution is -0.116. The SMILES string of the molecule is O=C(CCc1nc(-c2ccccc2)c(-c2ccccc2)o1)Nc1cc(Cl)ccc1F. The number of aryl methyl sites for hydroxylation is 1. The lowest BCUT2D eigenvalue weighted by Crippen LogP contribution is -2.13. The summed E-state index contributed by atoms with van der Waals surface area (Å²) in [6.45, 7) is 0. The number of hydrogen-bond acceptors (Lipinski definition) is 3. The van der Waals surface area contributed by atoms with Crippen LogP contribution in [0.3, 0.4) is 0 Å². The Morgan fingerprint density at radius 1 is 0.967 bits per heavy atom. The second kappa shape index (κ2) is 8.93. The summed E-state index contributed by atoms with van der Waals surface area (Å²) in [7, 11) is 0. The average molecular weight is 421 g/mol. The van der Waals surface area contributed by atoms with Gasteiger partial charge in [-0.15, -0.1) is 0 Å². The molecule has 1 N–H and O–H groups in total. The molecule has 0 fully saturated rings. The van der Waals surface area contributed by atoms with Gasteiger partial charge in [-0.05, 0) is 18.2 Å². The van der Waals surface area contributed by atoms with E-state index in [0.29, 0.717) is 16.7 Å². The summed E-state index contributed by atoms with van der Waals surface area (Å²) in [6, 6.07) is 23.4. The van der Waals surface area contributed by atoms with Gasteiger partial charge in [0.25, 0.3) is 0 Å². The van der Waals surface area contributed by atoms with Crippen LogP contribution in [0.15, 0.2) is 83.3 Å². The molecule has 0 atom stereocenters. The quantitative estimate of drug-likeness (QED) is 0.394. The first-order valence-electron chi connectivity index (χ1n) is 9.45. The van der Waals surface area contributed by atoms with Gasteiger partial charge in [0.1, 0.15) is 11.5 Å². The van der Waals surface area contributed by atoms with Crippen LogP contribution in [-0.2, 0) is 11.2 Å². The number of amides is 1. The highest BCUT2D eigenvalue weighted by Gasteiger charge is 2.17. The molecule has 1 aromatic heterocycles. The van der Waals surface area contributed by atoms with Crippen LogP contribution in [0.25, 0.3) is 22.6 Å². The molecule has 6 heteroatoms. The third-order valence-corrected chi connectivity index (χ3v) is 4.76. The third-order valence-electron chi connectivity index (χ3n) is 4.52. The maximum Gasteiger partial charge on any atom is 0.224 e. The number of rotatable bonds is 6. The molecule has 3 aromatic carbocycles. The molecular weight excluding hydrogens is 403 g/mol.